The zero-order chi connectivity index (χ0) is 14.8. The van der Waals surface area contributed by atoms with E-state index in [1.54, 1.807) is 0 Å². The van der Waals surface area contributed by atoms with Gasteiger partial charge in [0.15, 0.2) is 0 Å². The Bertz CT molecular complexity index is 480. The highest BCUT2D eigenvalue weighted by Gasteiger charge is 2.23. The smallest absolute Gasteiger partial charge is 0.0712 e. The number of likely N-dealkylation sites (tertiary alicyclic amines) is 1. The molecule has 3 heteroatoms. The lowest BCUT2D eigenvalue weighted by atomic mass is 10.0. The number of hydrogen-bond acceptors (Lipinski definition) is 2. The number of alkyl halides is 1. The maximum absolute atomic E-state index is 6.70. The van der Waals surface area contributed by atoms with Crippen molar-refractivity contribution in [2.45, 2.75) is 43.5 Å². The minimum atomic E-state index is 0.112. The number of fused-ring (bicyclic) bond motifs is 1. The SMILES string of the molecule is CN1CCC(N(C)CC(Cl)c2ccc3c(c2)CCC3)CC1. The first kappa shape index (κ1) is 15.3. The first-order valence-electron chi connectivity index (χ1n) is 8.28. The van der Waals surface area contributed by atoms with E-state index < -0.39 is 0 Å². The van der Waals surface area contributed by atoms with Crippen molar-refractivity contribution in [2.75, 3.05) is 33.7 Å². The second kappa shape index (κ2) is 6.68. The van der Waals surface area contributed by atoms with E-state index in [1.807, 2.05) is 0 Å². The van der Waals surface area contributed by atoms with Crippen molar-refractivity contribution in [3.63, 3.8) is 0 Å². The van der Waals surface area contributed by atoms with Gasteiger partial charge in [-0.15, -0.1) is 11.6 Å². The highest BCUT2D eigenvalue weighted by molar-refractivity contribution is 6.21. The number of likely N-dealkylation sites (N-methyl/N-ethyl adjacent to an activating group) is 1. The van der Waals surface area contributed by atoms with Crippen LogP contribution in [-0.2, 0) is 12.8 Å². The van der Waals surface area contributed by atoms with Gasteiger partial charge in [-0.2, -0.15) is 0 Å². The molecule has 0 spiro atoms. The minimum absolute atomic E-state index is 0.112. The van der Waals surface area contributed by atoms with Crippen molar-refractivity contribution < 1.29 is 0 Å². The summed E-state index contributed by atoms with van der Waals surface area (Å²) >= 11 is 6.70. The summed E-state index contributed by atoms with van der Waals surface area (Å²) in [5, 5.41) is 0.112. The third kappa shape index (κ3) is 3.61. The largest absolute Gasteiger partial charge is 0.306 e. The summed E-state index contributed by atoms with van der Waals surface area (Å²) in [6.45, 7) is 3.37. The summed E-state index contributed by atoms with van der Waals surface area (Å²) in [5.41, 5.74) is 4.36. The van der Waals surface area contributed by atoms with Crippen LogP contribution in [0.4, 0.5) is 0 Å². The van der Waals surface area contributed by atoms with Gasteiger partial charge in [0.05, 0.1) is 5.38 Å². The third-order valence-electron chi connectivity index (χ3n) is 5.24. The third-order valence-corrected chi connectivity index (χ3v) is 5.63. The standard InChI is InChI=1S/C18H27ClN2/c1-20-10-8-17(9-11-20)21(2)13-18(19)16-7-6-14-4-3-5-15(14)12-16/h6-7,12,17-18H,3-5,8-11,13H2,1-2H3. The summed E-state index contributed by atoms with van der Waals surface area (Å²) in [6, 6.07) is 7.58. The van der Waals surface area contributed by atoms with E-state index in [4.69, 9.17) is 11.6 Å². The fourth-order valence-electron chi connectivity index (χ4n) is 3.73. The van der Waals surface area contributed by atoms with Gasteiger partial charge in [0.2, 0.25) is 0 Å². The van der Waals surface area contributed by atoms with E-state index in [1.165, 1.54) is 61.9 Å². The van der Waals surface area contributed by atoms with Crippen LogP contribution in [0.5, 0.6) is 0 Å². The number of piperidine rings is 1. The van der Waals surface area contributed by atoms with Crippen LogP contribution in [-0.4, -0.2) is 49.6 Å². The lowest BCUT2D eigenvalue weighted by molar-refractivity contribution is 0.144. The van der Waals surface area contributed by atoms with Crippen LogP contribution in [0.3, 0.4) is 0 Å². The quantitative estimate of drug-likeness (QED) is 0.786. The number of hydrogen-bond donors (Lipinski definition) is 0. The maximum atomic E-state index is 6.70. The Morgan fingerprint density at radius 1 is 1.24 bits per heavy atom. The summed E-state index contributed by atoms with van der Waals surface area (Å²) < 4.78 is 0. The Morgan fingerprint density at radius 3 is 2.71 bits per heavy atom. The van der Waals surface area contributed by atoms with Gasteiger partial charge < -0.3 is 9.80 Å². The van der Waals surface area contributed by atoms with Gasteiger partial charge in [0.1, 0.15) is 0 Å². The monoisotopic (exact) mass is 306 g/mol. The van der Waals surface area contributed by atoms with Crippen LogP contribution < -0.4 is 0 Å². The van der Waals surface area contributed by atoms with Crippen LogP contribution in [0.1, 0.15) is 41.3 Å². The molecule has 0 amide bonds. The number of rotatable bonds is 4. The van der Waals surface area contributed by atoms with Crippen molar-refractivity contribution in [1.82, 2.24) is 9.80 Å². The minimum Gasteiger partial charge on any atom is -0.306 e. The molecule has 1 heterocycles. The molecule has 1 aromatic rings. The van der Waals surface area contributed by atoms with Crippen LogP contribution in [0.25, 0.3) is 0 Å². The fourth-order valence-corrected chi connectivity index (χ4v) is 4.08. The Kier molecular flexibility index (Phi) is 4.88. The molecule has 1 unspecified atom stereocenters. The van der Waals surface area contributed by atoms with Crippen LogP contribution in [0.15, 0.2) is 18.2 Å². The van der Waals surface area contributed by atoms with Crippen LogP contribution in [0, 0.1) is 0 Å². The first-order chi connectivity index (χ1) is 10.1. The molecular weight excluding hydrogens is 280 g/mol. The number of nitrogens with zero attached hydrogens (tertiary/aromatic N) is 2. The molecule has 3 rings (SSSR count). The zero-order valence-corrected chi connectivity index (χ0v) is 14.1. The normalized spacial score (nSPS) is 21.7. The topological polar surface area (TPSA) is 6.48 Å². The van der Waals surface area contributed by atoms with Gasteiger partial charge in [-0.1, -0.05) is 18.2 Å². The molecule has 1 aliphatic heterocycles. The van der Waals surface area contributed by atoms with Crippen molar-refractivity contribution in [3.8, 4) is 0 Å². The van der Waals surface area contributed by atoms with Gasteiger partial charge in [0, 0.05) is 12.6 Å². The van der Waals surface area contributed by atoms with Crippen LogP contribution >= 0.6 is 11.6 Å². The highest BCUT2D eigenvalue weighted by Crippen LogP contribution is 2.29. The van der Waals surface area contributed by atoms with Crippen molar-refractivity contribution in [1.29, 1.82) is 0 Å². The lowest BCUT2D eigenvalue weighted by Gasteiger charge is -2.36. The Morgan fingerprint density at radius 2 is 1.95 bits per heavy atom. The zero-order valence-electron chi connectivity index (χ0n) is 13.3. The number of aryl methyl sites for hydroxylation is 2. The molecule has 1 aromatic carbocycles. The molecule has 1 saturated heterocycles. The van der Waals surface area contributed by atoms with E-state index in [0.29, 0.717) is 6.04 Å². The molecule has 1 aliphatic carbocycles. The average molecular weight is 307 g/mol. The van der Waals surface area contributed by atoms with E-state index in [2.05, 4.69) is 42.1 Å². The maximum Gasteiger partial charge on any atom is 0.0712 e. The summed E-state index contributed by atoms with van der Waals surface area (Å²) in [6.07, 6.45) is 6.32. The van der Waals surface area contributed by atoms with E-state index in [-0.39, 0.29) is 5.38 Å². The van der Waals surface area contributed by atoms with Gasteiger partial charge in [-0.05, 0) is 76.0 Å². The lowest BCUT2D eigenvalue weighted by Crippen LogP contribution is -2.42. The molecule has 0 bridgehead atoms. The summed E-state index contributed by atoms with van der Waals surface area (Å²) in [5.74, 6) is 0. The second-order valence-electron chi connectivity index (χ2n) is 6.82. The van der Waals surface area contributed by atoms with Gasteiger partial charge in [-0.25, -0.2) is 0 Å². The Labute approximate surface area is 134 Å². The molecule has 1 fully saturated rings. The molecule has 2 nitrogen and oxygen atoms in total. The predicted octanol–water partition coefficient (Wildman–Crippen LogP) is 3.48. The molecule has 1 atom stereocenters. The van der Waals surface area contributed by atoms with Crippen molar-refractivity contribution in [2.24, 2.45) is 0 Å². The molecule has 0 aromatic heterocycles. The summed E-state index contributed by atoms with van der Waals surface area (Å²) in [7, 11) is 4.45. The Balaban J connectivity index is 1.59. The average Bonchev–Trinajstić information content (AvgIpc) is 2.95. The first-order valence-corrected chi connectivity index (χ1v) is 8.71. The van der Waals surface area contributed by atoms with Crippen molar-refractivity contribution in [3.05, 3.63) is 34.9 Å². The number of benzene rings is 1. The molecule has 21 heavy (non-hydrogen) atoms. The predicted molar refractivity (Wildman–Crippen MR) is 90.2 cm³/mol. The molecule has 0 N–H and O–H groups in total. The Hall–Kier alpha value is -0.570. The second-order valence-corrected chi connectivity index (χ2v) is 7.35. The van der Waals surface area contributed by atoms with Crippen LogP contribution in [0.2, 0.25) is 0 Å². The van der Waals surface area contributed by atoms with Gasteiger partial charge in [0.25, 0.3) is 0 Å². The highest BCUT2D eigenvalue weighted by atomic mass is 35.5. The van der Waals surface area contributed by atoms with E-state index in [9.17, 15) is 0 Å². The molecule has 2 aliphatic rings. The molecule has 0 radical (unpaired) electrons. The molecule has 116 valence electrons. The summed E-state index contributed by atoms with van der Waals surface area (Å²) in [4.78, 5) is 4.89. The van der Waals surface area contributed by atoms with E-state index in [0.717, 1.165) is 6.54 Å². The molecule has 0 saturated carbocycles. The number of halogens is 1. The fraction of sp³-hybridized carbons (Fsp3) is 0.667. The van der Waals surface area contributed by atoms with Gasteiger partial charge >= 0.3 is 0 Å². The molecular formula is C18H27ClN2. The van der Waals surface area contributed by atoms with Crippen molar-refractivity contribution >= 4 is 11.6 Å². The van der Waals surface area contributed by atoms with E-state index >= 15 is 0 Å². The van der Waals surface area contributed by atoms with Gasteiger partial charge in [-0.3, -0.25) is 0 Å².